The Morgan fingerprint density at radius 2 is 1.81 bits per heavy atom. The molecule has 13 heteroatoms. The van der Waals surface area contributed by atoms with Crippen molar-refractivity contribution in [3.05, 3.63) is 112 Å². The third-order valence-corrected chi connectivity index (χ3v) is 6.76. The number of aryl methyl sites for hydroxylation is 1. The van der Waals surface area contributed by atoms with Gasteiger partial charge in [-0.15, -0.1) is 10.2 Å². The minimum Gasteiger partial charge on any atom is -0.473 e. The van der Waals surface area contributed by atoms with Crippen LogP contribution in [0.5, 0.6) is 5.88 Å². The third-order valence-electron chi connectivity index (χ3n) is 6.53. The van der Waals surface area contributed by atoms with Crippen LogP contribution in [-0.2, 0) is 30.9 Å². The number of benzene rings is 2. The van der Waals surface area contributed by atoms with Crippen LogP contribution >= 0.6 is 11.6 Å². The van der Waals surface area contributed by atoms with Crippen molar-refractivity contribution in [1.29, 1.82) is 0 Å². The Kier molecular flexibility index (Phi) is 8.53. The van der Waals surface area contributed by atoms with E-state index in [4.69, 9.17) is 21.1 Å². The maximum absolute atomic E-state index is 15.4. The van der Waals surface area contributed by atoms with Crippen LogP contribution in [0.3, 0.4) is 0 Å². The van der Waals surface area contributed by atoms with E-state index in [1.807, 2.05) is 11.5 Å². The normalized spacial score (nSPS) is 11.1. The summed E-state index contributed by atoms with van der Waals surface area (Å²) in [5.74, 6) is -2.45. The van der Waals surface area contributed by atoms with E-state index in [-0.39, 0.29) is 64.5 Å². The Morgan fingerprint density at radius 1 is 1.00 bits per heavy atom. The molecule has 0 spiro atoms. The number of hydrogen-bond acceptors (Lipinski definition) is 7. The molecule has 2 aromatic carbocycles. The molecule has 5 rings (SSSR count). The first-order chi connectivity index (χ1) is 20.3. The van der Waals surface area contributed by atoms with Gasteiger partial charge in [0.1, 0.15) is 29.9 Å². The van der Waals surface area contributed by atoms with Crippen molar-refractivity contribution in [1.82, 2.24) is 29.3 Å². The molecule has 42 heavy (non-hydrogen) atoms. The topological polar surface area (TPSA) is 97.0 Å². The number of pyridine rings is 1. The summed E-state index contributed by atoms with van der Waals surface area (Å²) in [6.07, 6.45) is 3.13. The summed E-state index contributed by atoms with van der Waals surface area (Å²) in [6.45, 7) is 2.61. The fourth-order valence-corrected chi connectivity index (χ4v) is 4.49. The van der Waals surface area contributed by atoms with Gasteiger partial charge in [-0.1, -0.05) is 23.7 Å². The molecule has 9 nitrogen and oxygen atoms in total. The predicted molar refractivity (Wildman–Crippen MR) is 147 cm³/mol. The van der Waals surface area contributed by atoms with Crippen LogP contribution in [0.2, 0.25) is 5.02 Å². The lowest BCUT2D eigenvalue weighted by Crippen LogP contribution is -2.17. The van der Waals surface area contributed by atoms with E-state index in [2.05, 4.69) is 20.2 Å². The van der Waals surface area contributed by atoms with Crippen molar-refractivity contribution in [2.45, 2.75) is 33.0 Å². The van der Waals surface area contributed by atoms with Crippen molar-refractivity contribution in [3.63, 3.8) is 0 Å². The van der Waals surface area contributed by atoms with Crippen molar-refractivity contribution in [2.75, 3.05) is 7.11 Å². The van der Waals surface area contributed by atoms with Gasteiger partial charge in [-0.3, -0.25) is 4.57 Å². The summed E-state index contributed by atoms with van der Waals surface area (Å²) in [5.41, 5.74) is 1.04. The van der Waals surface area contributed by atoms with E-state index in [9.17, 15) is 9.18 Å². The van der Waals surface area contributed by atoms with E-state index in [0.717, 1.165) is 17.8 Å². The Morgan fingerprint density at radius 3 is 2.57 bits per heavy atom. The van der Waals surface area contributed by atoms with Crippen LogP contribution < -0.4 is 4.74 Å². The predicted octanol–water partition coefficient (Wildman–Crippen LogP) is 5.63. The average Bonchev–Trinajstić information content (AvgIpc) is 3.60. The second-order valence-electron chi connectivity index (χ2n) is 9.17. The molecule has 0 saturated carbocycles. The van der Waals surface area contributed by atoms with E-state index in [0.29, 0.717) is 6.54 Å². The Balaban J connectivity index is 1.40. The van der Waals surface area contributed by atoms with E-state index >= 15 is 8.78 Å². The third kappa shape index (κ3) is 6.13. The fraction of sp³-hybridized carbons (Fsp3) is 0.207. The summed E-state index contributed by atoms with van der Waals surface area (Å²) in [7, 11) is 1.22. The Bertz CT molecular complexity index is 1760. The minimum absolute atomic E-state index is 0.00377. The summed E-state index contributed by atoms with van der Waals surface area (Å²) in [6, 6.07) is 10.9. The molecule has 0 bridgehead atoms. The zero-order chi connectivity index (χ0) is 29.8. The fourth-order valence-electron chi connectivity index (χ4n) is 4.33. The van der Waals surface area contributed by atoms with E-state index in [1.165, 1.54) is 42.0 Å². The molecule has 0 aliphatic carbocycles. The number of carbonyl (C=O) groups is 1. The highest BCUT2D eigenvalue weighted by molar-refractivity contribution is 6.30. The van der Waals surface area contributed by atoms with Crippen LogP contribution in [0.15, 0.2) is 61.1 Å². The number of halogens is 4. The molecule has 0 saturated heterocycles. The second kappa shape index (κ2) is 12.4. The van der Waals surface area contributed by atoms with Gasteiger partial charge in [0.05, 0.1) is 31.4 Å². The van der Waals surface area contributed by atoms with Gasteiger partial charge in [-0.2, -0.15) is 0 Å². The van der Waals surface area contributed by atoms with Gasteiger partial charge in [-0.25, -0.2) is 27.9 Å². The zero-order valence-corrected chi connectivity index (χ0v) is 23.3. The summed E-state index contributed by atoms with van der Waals surface area (Å²) < 4.78 is 58.6. The van der Waals surface area contributed by atoms with Crippen molar-refractivity contribution in [2.24, 2.45) is 0 Å². The van der Waals surface area contributed by atoms with Gasteiger partial charge in [-0.05, 0) is 42.8 Å². The van der Waals surface area contributed by atoms with Gasteiger partial charge in [0, 0.05) is 41.4 Å². The SMILES string of the molecule is CCn1cncc1Cn1c(Cc2cc(F)c(-c3cccc(OCc4ccc(Cl)cc4F)n3)cc2F)nnc1C(=O)OC. The smallest absolute Gasteiger partial charge is 0.376 e. The molecule has 0 aliphatic rings. The second-order valence-corrected chi connectivity index (χ2v) is 9.61. The summed E-state index contributed by atoms with van der Waals surface area (Å²) in [4.78, 5) is 20.7. The first kappa shape index (κ1) is 28.8. The molecule has 3 heterocycles. The number of carbonyl (C=O) groups excluding carboxylic acids is 1. The summed E-state index contributed by atoms with van der Waals surface area (Å²) >= 11 is 5.78. The van der Waals surface area contributed by atoms with Gasteiger partial charge in [0.2, 0.25) is 11.7 Å². The molecule has 0 radical (unpaired) electrons. The van der Waals surface area contributed by atoms with Crippen LogP contribution in [0.25, 0.3) is 11.3 Å². The minimum atomic E-state index is -0.733. The highest BCUT2D eigenvalue weighted by Gasteiger charge is 2.23. The number of rotatable bonds is 10. The molecule has 0 amide bonds. The molecule has 0 fully saturated rings. The van der Waals surface area contributed by atoms with Gasteiger partial charge >= 0.3 is 5.97 Å². The molecular formula is C29H24ClF3N6O3. The van der Waals surface area contributed by atoms with Crippen molar-refractivity contribution < 1.29 is 27.4 Å². The maximum atomic E-state index is 15.4. The molecule has 216 valence electrons. The van der Waals surface area contributed by atoms with E-state index in [1.54, 1.807) is 18.6 Å². The van der Waals surface area contributed by atoms with Gasteiger partial charge in [0.15, 0.2) is 0 Å². The zero-order valence-electron chi connectivity index (χ0n) is 22.5. The van der Waals surface area contributed by atoms with E-state index < -0.39 is 23.4 Å². The maximum Gasteiger partial charge on any atom is 0.376 e. The van der Waals surface area contributed by atoms with Crippen LogP contribution in [-0.4, -0.2) is 42.4 Å². The standard InChI is InChI=1S/C29H24ClF3N6O3/c1-3-38-16-34-13-20(38)14-39-26(36-37-28(39)29(40)41-2)10-18-9-24(33)21(12-23(18)32)25-5-4-6-27(35-25)42-15-17-7-8-19(30)11-22(17)31/h4-9,11-13,16H,3,10,14-15H2,1-2H3. The number of ether oxygens (including phenoxy) is 2. The van der Waals surface area contributed by atoms with Gasteiger partial charge in [0.25, 0.3) is 0 Å². The number of hydrogen-bond donors (Lipinski definition) is 0. The molecule has 3 aromatic heterocycles. The monoisotopic (exact) mass is 596 g/mol. The highest BCUT2D eigenvalue weighted by Crippen LogP contribution is 2.27. The quantitative estimate of drug-likeness (QED) is 0.193. The molecular weight excluding hydrogens is 573 g/mol. The number of nitrogens with zero attached hydrogens (tertiary/aromatic N) is 6. The first-order valence-electron chi connectivity index (χ1n) is 12.8. The molecule has 0 N–H and O–H groups in total. The lowest BCUT2D eigenvalue weighted by molar-refractivity contribution is 0.0581. The van der Waals surface area contributed by atoms with Gasteiger partial charge < -0.3 is 14.0 Å². The average molecular weight is 597 g/mol. The van der Waals surface area contributed by atoms with Crippen LogP contribution in [0.4, 0.5) is 13.2 Å². The Hall–Kier alpha value is -4.71. The molecule has 0 atom stereocenters. The number of aromatic nitrogens is 6. The first-order valence-corrected chi connectivity index (χ1v) is 13.2. The largest absolute Gasteiger partial charge is 0.473 e. The molecule has 0 aliphatic heterocycles. The molecule has 0 unspecified atom stereocenters. The lowest BCUT2D eigenvalue weighted by Gasteiger charge is -2.12. The summed E-state index contributed by atoms with van der Waals surface area (Å²) in [5, 5.41) is 8.26. The highest BCUT2D eigenvalue weighted by atomic mass is 35.5. The van der Waals surface area contributed by atoms with Crippen molar-refractivity contribution in [3.8, 4) is 17.1 Å². The Labute approximate surface area is 243 Å². The molecule has 5 aromatic rings. The number of esters is 1. The van der Waals surface area contributed by atoms with Crippen LogP contribution in [0, 0.1) is 17.5 Å². The number of imidazole rings is 1. The van der Waals surface area contributed by atoms with Crippen LogP contribution in [0.1, 0.15) is 40.2 Å². The van der Waals surface area contributed by atoms with Crippen molar-refractivity contribution >= 4 is 17.6 Å². The number of methoxy groups -OCH3 is 1. The lowest BCUT2D eigenvalue weighted by atomic mass is 10.0.